The molecule has 5 heteroatoms. The van der Waals surface area contributed by atoms with Gasteiger partial charge in [0, 0.05) is 22.9 Å². The van der Waals surface area contributed by atoms with Gasteiger partial charge in [-0.25, -0.2) is 0 Å². The van der Waals surface area contributed by atoms with Crippen LogP contribution >= 0.6 is 0 Å². The van der Waals surface area contributed by atoms with Crippen LogP contribution in [0.1, 0.15) is 95.2 Å². The van der Waals surface area contributed by atoms with Gasteiger partial charge in [-0.15, -0.1) is 0 Å². The third-order valence-electron chi connectivity index (χ3n) is 7.62. The Morgan fingerprint density at radius 2 is 1.49 bits per heavy atom. The van der Waals surface area contributed by atoms with Gasteiger partial charge in [0.05, 0.1) is 16.8 Å². The number of hydrogen-bond acceptors (Lipinski definition) is 5. The van der Waals surface area contributed by atoms with Crippen LogP contribution < -0.4 is 16.2 Å². The average Bonchev–Trinajstić information content (AvgIpc) is 2.89. The van der Waals surface area contributed by atoms with Gasteiger partial charge in [-0.05, 0) is 55.2 Å². The first-order valence-corrected chi connectivity index (χ1v) is 12.7. The third-order valence-corrected chi connectivity index (χ3v) is 7.62. The number of hydrogen-bond donors (Lipinski definition) is 2. The van der Waals surface area contributed by atoms with E-state index in [0.29, 0.717) is 22.8 Å². The highest BCUT2D eigenvalue weighted by Crippen LogP contribution is 2.42. The lowest BCUT2D eigenvalue weighted by Crippen LogP contribution is -2.24. The van der Waals surface area contributed by atoms with E-state index >= 15 is 0 Å². The fourth-order valence-corrected chi connectivity index (χ4v) is 5.62. The number of carbonyl (C=O) groups excluding carboxylic acids is 2. The number of ether oxygens (including phenoxy) is 1. The van der Waals surface area contributed by atoms with Crippen molar-refractivity contribution in [2.24, 2.45) is 5.92 Å². The molecule has 3 aromatic rings. The van der Waals surface area contributed by atoms with E-state index in [2.05, 4.69) is 19.1 Å². The first kappa shape index (κ1) is 23.2. The largest absolute Gasteiger partial charge is 0.455 e. The lowest BCUT2D eigenvalue weighted by molar-refractivity contribution is 0.0980. The summed E-state index contributed by atoms with van der Waals surface area (Å²) >= 11 is 0. The van der Waals surface area contributed by atoms with Crippen LogP contribution in [0.15, 0.2) is 54.6 Å². The third kappa shape index (κ3) is 4.31. The minimum Gasteiger partial charge on any atom is -0.455 e. The summed E-state index contributed by atoms with van der Waals surface area (Å²) in [4.78, 5) is 26.2. The van der Waals surface area contributed by atoms with Gasteiger partial charge in [-0.1, -0.05) is 62.6 Å². The summed E-state index contributed by atoms with van der Waals surface area (Å²) in [5, 5.41) is 0. The molecule has 3 aromatic carbocycles. The Bertz CT molecular complexity index is 1270. The zero-order valence-electron chi connectivity index (χ0n) is 20.2. The Morgan fingerprint density at radius 3 is 2.11 bits per heavy atom. The summed E-state index contributed by atoms with van der Waals surface area (Å²) in [5.41, 5.74) is 15.2. The van der Waals surface area contributed by atoms with Crippen molar-refractivity contribution >= 4 is 22.9 Å². The zero-order valence-corrected chi connectivity index (χ0v) is 20.2. The summed E-state index contributed by atoms with van der Waals surface area (Å²) < 4.78 is 6.06. The van der Waals surface area contributed by atoms with Crippen LogP contribution in [0.25, 0.3) is 0 Å². The molecule has 0 aromatic heterocycles. The molecule has 1 saturated carbocycles. The maximum Gasteiger partial charge on any atom is 0.196 e. The molecule has 2 aliphatic rings. The van der Waals surface area contributed by atoms with Crippen molar-refractivity contribution in [1.29, 1.82) is 0 Å². The molecule has 35 heavy (non-hydrogen) atoms. The predicted octanol–water partition coefficient (Wildman–Crippen LogP) is 6.88. The van der Waals surface area contributed by atoms with E-state index in [1.807, 2.05) is 12.1 Å². The molecular formula is C30H32N2O3. The van der Waals surface area contributed by atoms with E-state index in [4.69, 9.17) is 16.2 Å². The summed E-state index contributed by atoms with van der Waals surface area (Å²) in [6.07, 6.45) is 9.07. The van der Waals surface area contributed by atoms with Gasteiger partial charge in [0.2, 0.25) is 0 Å². The summed E-state index contributed by atoms with van der Waals surface area (Å²) in [5.74, 6) is 1.77. The standard InChI is InChI=1S/C30H32N2O3/c1-2-3-6-18-9-11-19(12-10-18)20-13-15-21(16-14-20)35-25-17-24(31)26-27(28(25)32)30(34)23-8-5-4-7-22(23)29(26)33/h4-5,7-8,13-19H,2-3,6,9-12,31-32H2,1H3. The monoisotopic (exact) mass is 468 g/mol. The Labute approximate surface area is 206 Å². The molecule has 5 rings (SSSR count). The smallest absolute Gasteiger partial charge is 0.196 e. The topological polar surface area (TPSA) is 95.4 Å². The van der Waals surface area contributed by atoms with Crippen LogP contribution in [-0.4, -0.2) is 11.6 Å². The van der Waals surface area contributed by atoms with Crippen molar-refractivity contribution in [1.82, 2.24) is 0 Å². The van der Waals surface area contributed by atoms with E-state index < -0.39 is 0 Å². The minimum absolute atomic E-state index is 0.125. The quantitative estimate of drug-likeness (QED) is 0.301. The zero-order chi connectivity index (χ0) is 24.5. The molecule has 0 spiro atoms. The molecule has 0 heterocycles. The van der Waals surface area contributed by atoms with Crippen LogP contribution in [0.2, 0.25) is 0 Å². The maximum absolute atomic E-state index is 13.2. The van der Waals surface area contributed by atoms with Crippen LogP contribution in [-0.2, 0) is 0 Å². The van der Waals surface area contributed by atoms with Gasteiger partial charge in [0.1, 0.15) is 5.75 Å². The van der Waals surface area contributed by atoms with Crippen molar-refractivity contribution in [3.63, 3.8) is 0 Å². The lowest BCUT2D eigenvalue weighted by atomic mass is 9.77. The molecule has 1 fully saturated rings. The number of rotatable bonds is 6. The van der Waals surface area contributed by atoms with E-state index in [1.54, 1.807) is 30.3 Å². The highest BCUT2D eigenvalue weighted by atomic mass is 16.5. The molecule has 0 aliphatic heterocycles. The number of carbonyl (C=O) groups is 2. The van der Waals surface area contributed by atoms with Gasteiger partial charge in [0.25, 0.3) is 0 Å². The van der Waals surface area contributed by atoms with Crippen LogP contribution in [0.4, 0.5) is 11.4 Å². The Morgan fingerprint density at radius 1 is 0.857 bits per heavy atom. The number of unbranched alkanes of at least 4 members (excludes halogenated alkanes) is 1. The second-order valence-corrected chi connectivity index (χ2v) is 9.86. The van der Waals surface area contributed by atoms with Gasteiger partial charge < -0.3 is 16.2 Å². The summed E-state index contributed by atoms with van der Waals surface area (Å²) in [6.45, 7) is 2.26. The molecule has 0 bridgehead atoms. The second-order valence-electron chi connectivity index (χ2n) is 9.86. The van der Waals surface area contributed by atoms with E-state index in [-0.39, 0.29) is 39.8 Å². The molecule has 0 amide bonds. The van der Waals surface area contributed by atoms with E-state index in [0.717, 1.165) is 5.92 Å². The number of nitrogens with two attached hydrogens (primary N) is 2. The highest BCUT2D eigenvalue weighted by Gasteiger charge is 2.34. The molecule has 0 unspecified atom stereocenters. The normalized spacial score (nSPS) is 19.2. The number of fused-ring (bicyclic) bond motifs is 2. The van der Waals surface area contributed by atoms with Crippen LogP contribution in [0, 0.1) is 5.92 Å². The molecule has 5 nitrogen and oxygen atoms in total. The number of anilines is 2. The molecule has 0 radical (unpaired) electrons. The fourth-order valence-electron chi connectivity index (χ4n) is 5.62. The molecule has 4 N–H and O–H groups in total. The van der Waals surface area contributed by atoms with E-state index in [9.17, 15) is 9.59 Å². The summed E-state index contributed by atoms with van der Waals surface area (Å²) in [6, 6.07) is 16.4. The fraction of sp³-hybridized carbons (Fsp3) is 0.333. The van der Waals surface area contributed by atoms with Gasteiger partial charge in [-0.3, -0.25) is 9.59 Å². The molecule has 0 saturated heterocycles. The van der Waals surface area contributed by atoms with Crippen LogP contribution in [0.5, 0.6) is 11.5 Å². The second kappa shape index (κ2) is 9.57. The highest BCUT2D eigenvalue weighted by molar-refractivity contribution is 6.32. The van der Waals surface area contributed by atoms with Crippen molar-refractivity contribution in [3.8, 4) is 11.5 Å². The van der Waals surface area contributed by atoms with Gasteiger partial charge in [0.15, 0.2) is 17.3 Å². The number of ketones is 2. The number of nitrogen functional groups attached to an aromatic ring is 2. The van der Waals surface area contributed by atoms with Crippen molar-refractivity contribution in [3.05, 3.63) is 82.4 Å². The van der Waals surface area contributed by atoms with Crippen molar-refractivity contribution < 1.29 is 14.3 Å². The molecule has 180 valence electrons. The number of benzene rings is 3. The van der Waals surface area contributed by atoms with Gasteiger partial charge >= 0.3 is 0 Å². The minimum atomic E-state index is -0.310. The Hall–Kier alpha value is -3.60. The van der Waals surface area contributed by atoms with E-state index in [1.165, 1.54) is 50.5 Å². The van der Waals surface area contributed by atoms with Crippen molar-refractivity contribution in [2.45, 2.75) is 57.8 Å². The SMILES string of the molecule is CCCCC1CCC(c2ccc(Oc3cc(N)c4c(c3N)C(=O)c3ccccc3C4=O)cc2)CC1. The molecular weight excluding hydrogens is 436 g/mol. The average molecular weight is 469 g/mol. The lowest BCUT2D eigenvalue weighted by Gasteiger charge is -2.29. The molecule has 2 aliphatic carbocycles. The summed E-state index contributed by atoms with van der Waals surface area (Å²) in [7, 11) is 0. The first-order valence-electron chi connectivity index (χ1n) is 12.7. The molecule has 0 atom stereocenters. The predicted molar refractivity (Wildman–Crippen MR) is 139 cm³/mol. The van der Waals surface area contributed by atoms with Crippen molar-refractivity contribution in [2.75, 3.05) is 11.5 Å². The Kier molecular flexibility index (Phi) is 6.33. The maximum atomic E-state index is 13.2. The Balaban J connectivity index is 1.35. The van der Waals surface area contributed by atoms with Crippen LogP contribution in [0.3, 0.4) is 0 Å². The first-order chi connectivity index (χ1) is 17.0. The van der Waals surface area contributed by atoms with Gasteiger partial charge in [-0.2, -0.15) is 0 Å².